The van der Waals surface area contributed by atoms with E-state index in [1.165, 1.54) is 0 Å². The van der Waals surface area contributed by atoms with Crippen molar-refractivity contribution in [2.75, 3.05) is 13.7 Å². The van der Waals surface area contributed by atoms with E-state index in [0.29, 0.717) is 5.01 Å². The predicted molar refractivity (Wildman–Crippen MR) is 66.4 cm³/mol. The monoisotopic (exact) mass is 309 g/mol. The summed E-state index contributed by atoms with van der Waals surface area (Å²) in [4.78, 5) is 21.5. The number of nitrogens with one attached hydrogen (secondary N) is 1. The van der Waals surface area contributed by atoms with Crippen molar-refractivity contribution in [2.24, 2.45) is 5.29 Å². The number of rotatable bonds is 5. The lowest BCUT2D eigenvalue weighted by Crippen LogP contribution is -2.64. The average molecular weight is 309 g/mol. The molecule has 0 aromatic rings. The van der Waals surface area contributed by atoms with Gasteiger partial charge >= 0.3 is 6.03 Å². The Labute approximate surface area is 120 Å². The third-order valence-electron chi connectivity index (χ3n) is 2.94. The Hall–Kier alpha value is -1.37. The van der Waals surface area contributed by atoms with Gasteiger partial charge in [-0.25, -0.2) is 4.79 Å². The van der Waals surface area contributed by atoms with Gasteiger partial charge in [-0.05, 0) is 6.92 Å². The van der Waals surface area contributed by atoms with Gasteiger partial charge in [-0.15, -0.1) is 4.91 Å². The number of carbonyl (C=O) groups excluding carboxylic acids is 1. The molecule has 0 saturated carbocycles. The summed E-state index contributed by atoms with van der Waals surface area (Å²) < 4.78 is 10.1. The van der Waals surface area contributed by atoms with E-state index in [9.17, 15) is 30.1 Å². The number of aliphatic hydroxyl groups excluding tert-OH is 4. The van der Waals surface area contributed by atoms with Crippen LogP contribution in [0.1, 0.15) is 6.92 Å². The highest BCUT2D eigenvalue weighted by atomic mass is 16.7. The number of ether oxygens (including phenoxy) is 2. The van der Waals surface area contributed by atoms with Crippen LogP contribution in [0, 0.1) is 4.91 Å². The van der Waals surface area contributed by atoms with Gasteiger partial charge in [0, 0.05) is 13.7 Å². The Kier molecular flexibility index (Phi) is 6.39. The Balaban J connectivity index is 2.74. The van der Waals surface area contributed by atoms with Crippen molar-refractivity contribution in [3.8, 4) is 0 Å². The molecule has 21 heavy (non-hydrogen) atoms. The summed E-state index contributed by atoms with van der Waals surface area (Å²) >= 11 is 0. The maximum atomic E-state index is 11.4. The molecule has 1 saturated heterocycles. The van der Waals surface area contributed by atoms with Crippen LogP contribution in [0.25, 0.3) is 0 Å². The summed E-state index contributed by atoms with van der Waals surface area (Å²) in [5.41, 5.74) is 0. The van der Waals surface area contributed by atoms with Gasteiger partial charge in [0.05, 0.1) is 5.29 Å². The Morgan fingerprint density at radius 2 is 2.00 bits per heavy atom. The van der Waals surface area contributed by atoms with E-state index >= 15 is 0 Å². The molecule has 5 N–H and O–H groups in total. The second-order valence-electron chi connectivity index (χ2n) is 4.40. The molecule has 6 atom stereocenters. The Morgan fingerprint density at radius 3 is 2.52 bits per heavy atom. The minimum Gasteiger partial charge on any atom is -0.387 e. The molecule has 2 amide bonds. The van der Waals surface area contributed by atoms with Crippen molar-refractivity contribution in [1.29, 1.82) is 0 Å². The summed E-state index contributed by atoms with van der Waals surface area (Å²) in [6.45, 7) is 1.77. The topological polar surface area (TPSA) is 161 Å². The van der Waals surface area contributed by atoms with E-state index in [2.05, 4.69) is 5.29 Å². The maximum absolute atomic E-state index is 11.4. The molecule has 1 rings (SSSR count). The van der Waals surface area contributed by atoms with Crippen molar-refractivity contribution in [3.63, 3.8) is 0 Å². The van der Waals surface area contributed by atoms with Crippen molar-refractivity contribution in [2.45, 2.75) is 43.9 Å². The Morgan fingerprint density at radius 1 is 1.38 bits per heavy atom. The molecule has 122 valence electrons. The van der Waals surface area contributed by atoms with Gasteiger partial charge in [-0.2, -0.15) is 5.01 Å². The molecule has 0 aromatic heterocycles. The number of hydrogen-bond donors (Lipinski definition) is 5. The van der Waals surface area contributed by atoms with Gasteiger partial charge in [0.2, 0.25) is 0 Å². The number of nitrogens with zero attached hydrogens (tertiary/aromatic N) is 2. The smallest absolute Gasteiger partial charge is 0.342 e. The van der Waals surface area contributed by atoms with E-state index in [1.54, 1.807) is 6.92 Å². The van der Waals surface area contributed by atoms with Crippen LogP contribution in [0.15, 0.2) is 5.29 Å². The molecule has 0 aliphatic carbocycles. The lowest BCUT2D eigenvalue weighted by Gasteiger charge is -2.41. The van der Waals surface area contributed by atoms with Crippen LogP contribution in [0.2, 0.25) is 0 Å². The van der Waals surface area contributed by atoms with Crippen LogP contribution < -0.4 is 5.32 Å². The maximum Gasteiger partial charge on any atom is 0.342 e. The van der Waals surface area contributed by atoms with Crippen LogP contribution in [0.3, 0.4) is 0 Å². The predicted octanol–water partition coefficient (Wildman–Crippen LogP) is -2.53. The number of carbonyl (C=O) groups is 1. The molecule has 11 heteroatoms. The highest BCUT2D eigenvalue weighted by Gasteiger charge is 2.47. The van der Waals surface area contributed by atoms with Gasteiger partial charge in [-0.1, -0.05) is 0 Å². The molecule has 1 aliphatic rings. The first-order valence-electron chi connectivity index (χ1n) is 6.20. The number of amides is 2. The van der Waals surface area contributed by atoms with Gasteiger partial charge in [0.15, 0.2) is 12.5 Å². The first-order chi connectivity index (χ1) is 9.83. The largest absolute Gasteiger partial charge is 0.387 e. The fourth-order valence-corrected chi connectivity index (χ4v) is 1.78. The van der Waals surface area contributed by atoms with E-state index in [-0.39, 0.29) is 6.61 Å². The SMILES string of the molecule is CCO[C@H]1O[C@H](C(O)NC(=O)N(C)N=O)[C@@H](O)[C@H](O)[C@H]1O. The zero-order chi connectivity index (χ0) is 16.2. The van der Waals surface area contributed by atoms with Gasteiger partial charge in [0.1, 0.15) is 24.4 Å². The summed E-state index contributed by atoms with van der Waals surface area (Å²) in [6.07, 6.45) is -9.36. The van der Waals surface area contributed by atoms with Crippen molar-refractivity contribution >= 4 is 6.03 Å². The average Bonchev–Trinajstić information content (AvgIpc) is 2.46. The first-order valence-corrected chi connectivity index (χ1v) is 6.20. The number of hydrogen-bond acceptors (Lipinski definition) is 9. The van der Waals surface area contributed by atoms with Gasteiger partial charge in [-0.3, -0.25) is 0 Å². The third-order valence-corrected chi connectivity index (χ3v) is 2.94. The van der Waals surface area contributed by atoms with E-state index in [4.69, 9.17) is 9.47 Å². The molecular weight excluding hydrogens is 290 g/mol. The van der Waals surface area contributed by atoms with Crippen molar-refractivity contribution in [1.82, 2.24) is 10.3 Å². The molecule has 1 unspecified atom stereocenters. The lowest BCUT2D eigenvalue weighted by atomic mass is 9.98. The molecule has 1 aliphatic heterocycles. The highest BCUT2D eigenvalue weighted by Crippen LogP contribution is 2.23. The zero-order valence-corrected chi connectivity index (χ0v) is 11.5. The molecule has 0 spiro atoms. The summed E-state index contributed by atoms with van der Waals surface area (Å²) in [5, 5.41) is 43.6. The van der Waals surface area contributed by atoms with Crippen LogP contribution in [0.4, 0.5) is 4.79 Å². The van der Waals surface area contributed by atoms with Crippen molar-refractivity contribution in [3.05, 3.63) is 4.91 Å². The van der Waals surface area contributed by atoms with Crippen LogP contribution in [-0.4, -0.2) is 82.1 Å². The lowest BCUT2D eigenvalue weighted by molar-refractivity contribution is -0.310. The molecule has 11 nitrogen and oxygen atoms in total. The highest BCUT2D eigenvalue weighted by molar-refractivity contribution is 5.73. The summed E-state index contributed by atoms with van der Waals surface area (Å²) in [6, 6.07) is -1.04. The van der Waals surface area contributed by atoms with Crippen molar-refractivity contribution < 1.29 is 34.7 Å². The molecule has 0 bridgehead atoms. The normalized spacial score (nSPS) is 34.1. The molecule has 1 fully saturated rings. The molecule has 0 radical (unpaired) electrons. The van der Waals surface area contributed by atoms with E-state index in [0.717, 1.165) is 7.05 Å². The number of aliphatic hydroxyl groups is 4. The first kappa shape index (κ1) is 17.7. The fraction of sp³-hybridized carbons (Fsp3) is 0.900. The second kappa shape index (κ2) is 7.59. The summed E-state index contributed by atoms with van der Waals surface area (Å²) in [7, 11) is 1.05. The number of nitroso groups, excluding NO2 is 1. The fourth-order valence-electron chi connectivity index (χ4n) is 1.78. The zero-order valence-electron chi connectivity index (χ0n) is 11.5. The molecule has 1 heterocycles. The number of urea groups is 1. The molecule has 0 aromatic carbocycles. The van der Waals surface area contributed by atoms with Gasteiger partial charge in [0.25, 0.3) is 0 Å². The van der Waals surface area contributed by atoms with Gasteiger partial charge < -0.3 is 35.2 Å². The minimum atomic E-state index is -1.76. The second-order valence-corrected chi connectivity index (χ2v) is 4.40. The molecular formula is C10H19N3O8. The van der Waals surface area contributed by atoms with Crippen LogP contribution in [0.5, 0.6) is 0 Å². The Bertz CT molecular complexity index is 370. The summed E-state index contributed by atoms with van der Waals surface area (Å²) in [5.74, 6) is 0. The minimum absolute atomic E-state index is 0.150. The third kappa shape index (κ3) is 4.06. The standard InChI is InChI=1S/C10H19N3O8/c1-3-20-9-6(16)4(14)5(15)7(21-9)8(17)11-10(18)13(2)12-19/h4-9,14-17H,3H2,1-2H3,(H,11,18)/t4-,5-,6+,7-,8?,9-/m0/s1. The van der Waals surface area contributed by atoms with E-state index in [1.807, 2.05) is 5.32 Å². The quantitative estimate of drug-likeness (QED) is 0.211. The van der Waals surface area contributed by atoms with Crippen LogP contribution >= 0.6 is 0 Å². The van der Waals surface area contributed by atoms with E-state index < -0.39 is 43.0 Å². The van der Waals surface area contributed by atoms with Crippen LogP contribution in [-0.2, 0) is 9.47 Å².